The molecule has 1 aliphatic rings. The number of fused-ring (bicyclic) bond motifs is 2. The fourth-order valence-corrected chi connectivity index (χ4v) is 6.85. The van der Waals surface area contributed by atoms with E-state index in [1.54, 1.807) is 0 Å². The summed E-state index contributed by atoms with van der Waals surface area (Å²) in [6.07, 6.45) is 2.20. The van der Waals surface area contributed by atoms with Gasteiger partial charge < -0.3 is 22.8 Å². The van der Waals surface area contributed by atoms with Crippen LogP contribution in [0.2, 0.25) is 0 Å². The number of aromatic nitrogens is 1. The van der Waals surface area contributed by atoms with Gasteiger partial charge in [0.25, 0.3) is 15.4 Å². The molecule has 3 aromatic heterocycles. The quantitative estimate of drug-likeness (QED) is 0.297. The lowest BCUT2D eigenvalue weighted by molar-refractivity contribution is -0.668. The SMILES string of the molecule is Cc1cc2c(o1)SC(=Cc1sc3oc(C)cc3[n+]1CCCS(=O)(=O)[O-])N2CCCS(=O)(=O)[O-]. The van der Waals surface area contributed by atoms with Crippen LogP contribution in [-0.2, 0) is 26.8 Å². The van der Waals surface area contributed by atoms with Crippen LogP contribution in [0.4, 0.5) is 5.69 Å². The summed E-state index contributed by atoms with van der Waals surface area (Å²) in [5.41, 5.74) is 1.60. The fourth-order valence-electron chi connectivity index (χ4n) is 3.60. The fraction of sp³-hybridized carbons (Fsp3) is 0.421. The second kappa shape index (κ2) is 9.07. The Hall–Kier alpha value is -1.84. The van der Waals surface area contributed by atoms with E-state index >= 15 is 0 Å². The Balaban J connectivity index is 1.67. The second-order valence-electron chi connectivity index (χ2n) is 7.62. The van der Waals surface area contributed by atoms with Crippen LogP contribution in [0.5, 0.6) is 0 Å². The maximum absolute atomic E-state index is 11.1. The van der Waals surface area contributed by atoms with Crippen LogP contribution >= 0.6 is 23.1 Å². The Morgan fingerprint density at radius 3 is 2.39 bits per heavy atom. The van der Waals surface area contributed by atoms with Gasteiger partial charge in [-0.1, -0.05) is 0 Å². The van der Waals surface area contributed by atoms with Crippen LogP contribution in [0.3, 0.4) is 0 Å². The van der Waals surface area contributed by atoms with Gasteiger partial charge in [-0.15, -0.1) is 0 Å². The molecular weight excluding hydrogens is 512 g/mol. The number of hydrogen-bond donors (Lipinski definition) is 0. The summed E-state index contributed by atoms with van der Waals surface area (Å²) in [6.45, 7) is 4.25. The van der Waals surface area contributed by atoms with E-state index in [1.807, 2.05) is 41.5 Å². The highest BCUT2D eigenvalue weighted by Crippen LogP contribution is 2.48. The number of thioether (sulfide) groups is 1. The van der Waals surface area contributed by atoms with E-state index in [2.05, 4.69) is 0 Å². The third kappa shape index (κ3) is 5.81. The maximum atomic E-state index is 11.1. The van der Waals surface area contributed by atoms with Gasteiger partial charge in [0.1, 0.15) is 11.5 Å². The van der Waals surface area contributed by atoms with Crippen molar-refractivity contribution in [2.45, 2.75) is 38.3 Å². The summed E-state index contributed by atoms with van der Waals surface area (Å²) in [7, 11) is -8.65. The average molecular weight is 534 g/mol. The lowest BCUT2D eigenvalue weighted by atomic mass is 10.3. The lowest BCUT2D eigenvalue weighted by Crippen LogP contribution is -2.36. The predicted molar refractivity (Wildman–Crippen MR) is 122 cm³/mol. The minimum atomic E-state index is -4.32. The van der Waals surface area contributed by atoms with Crippen molar-refractivity contribution >= 4 is 65.5 Å². The number of thiazole rings is 1. The summed E-state index contributed by atoms with van der Waals surface area (Å²) < 4.78 is 79.7. The number of anilines is 1. The highest BCUT2D eigenvalue weighted by Gasteiger charge is 2.31. The Morgan fingerprint density at radius 2 is 1.70 bits per heavy atom. The van der Waals surface area contributed by atoms with Gasteiger partial charge >= 0.3 is 0 Å². The first kappa shape index (κ1) is 24.3. The number of nitrogens with zero attached hydrogens (tertiary/aromatic N) is 2. The van der Waals surface area contributed by atoms with Crippen molar-refractivity contribution in [3.63, 3.8) is 0 Å². The van der Waals surface area contributed by atoms with Crippen molar-refractivity contribution in [2.75, 3.05) is 23.0 Å². The van der Waals surface area contributed by atoms with Gasteiger partial charge in [0, 0.05) is 30.5 Å². The monoisotopic (exact) mass is 533 g/mol. The first-order valence-electron chi connectivity index (χ1n) is 9.97. The van der Waals surface area contributed by atoms with Crippen LogP contribution < -0.4 is 9.47 Å². The van der Waals surface area contributed by atoms with Gasteiger partial charge in [0.05, 0.1) is 43.1 Å². The zero-order chi connectivity index (χ0) is 24.0. The van der Waals surface area contributed by atoms with E-state index in [0.29, 0.717) is 34.6 Å². The Morgan fingerprint density at radius 1 is 1.03 bits per heavy atom. The molecule has 0 bridgehead atoms. The van der Waals surface area contributed by atoms with E-state index in [-0.39, 0.29) is 12.8 Å². The molecule has 10 nitrogen and oxygen atoms in total. The van der Waals surface area contributed by atoms with E-state index in [4.69, 9.17) is 8.83 Å². The van der Waals surface area contributed by atoms with Gasteiger partial charge in [-0.05, 0) is 43.4 Å². The van der Waals surface area contributed by atoms with Crippen LogP contribution in [0.1, 0.15) is 29.4 Å². The first-order valence-corrected chi connectivity index (χ1v) is 14.8. The molecule has 3 aromatic rings. The average Bonchev–Trinajstić information content (AvgIpc) is 3.36. The number of hydrogen-bond acceptors (Lipinski definition) is 11. The molecule has 4 rings (SSSR count). The van der Waals surface area contributed by atoms with E-state index in [9.17, 15) is 25.9 Å². The van der Waals surface area contributed by atoms with Crippen molar-refractivity contribution in [1.82, 2.24) is 0 Å². The van der Waals surface area contributed by atoms with E-state index < -0.39 is 31.7 Å². The Labute approximate surface area is 199 Å². The smallest absolute Gasteiger partial charge is 0.268 e. The topological polar surface area (TPSA) is 148 Å². The standard InChI is InChI=1S/C19H22N2O8S4/c1-12-9-14-18(28-12)30-16(20(14)5-3-7-32(22,23)24)11-17-21(6-4-8-33(25,26)27)15-10-13(2)29-19(15)31-17/h9-11H,3-8H2,1-2H3,(H-,22,23,24,25,26,27)/p-1. The van der Waals surface area contributed by atoms with Gasteiger partial charge in [-0.3, -0.25) is 0 Å². The molecule has 33 heavy (non-hydrogen) atoms. The van der Waals surface area contributed by atoms with Gasteiger partial charge in [-0.25, -0.2) is 16.8 Å². The molecule has 180 valence electrons. The molecule has 0 amide bonds. The van der Waals surface area contributed by atoms with E-state index in [1.165, 1.54) is 23.1 Å². The van der Waals surface area contributed by atoms with Crippen LogP contribution in [0.15, 0.2) is 31.1 Å². The van der Waals surface area contributed by atoms with Gasteiger partial charge in [-0.2, -0.15) is 4.57 Å². The highest BCUT2D eigenvalue weighted by atomic mass is 32.2. The van der Waals surface area contributed by atoms with E-state index in [0.717, 1.165) is 21.2 Å². The summed E-state index contributed by atoms with van der Waals surface area (Å²) in [5.74, 6) is 0.488. The number of rotatable bonds is 9. The molecular formula is C19H21N2O8S4-. The highest BCUT2D eigenvalue weighted by molar-refractivity contribution is 8.03. The molecule has 0 radical (unpaired) electrons. The molecule has 0 aromatic carbocycles. The maximum Gasteiger partial charge on any atom is 0.268 e. The molecule has 0 unspecified atom stereocenters. The molecule has 0 spiro atoms. The number of furan rings is 2. The molecule has 0 N–H and O–H groups in total. The minimum absolute atomic E-state index is 0.154. The second-order valence-corrected chi connectivity index (χ2v) is 12.7. The largest absolute Gasteiger partial charge is 0.748 e. The molecule has 4 heterocycles. The van der Waals surface area contributed by atoms with Crippen molar-refractivity contribution < 1.29 is 39.3 Å². The van der Waals surface area contributed by atoms with Crippen molar-refractivity contribution in [3.8, 4) is 0 Å². The minimum Gasteiger partial charge on any atom is -0.748 e. The molecule has 0 saturated heterocycles. The molecule has 0 atom stereocenters. The summed E-state index contributed by atoms with van der Waals surface area (Å²) in [6, 6.07) is 3.71. The van der Waals surface area contributed by atoms with Crippen molar-refractivity contribution in [1.29, 1.82) is 0 Å². The predicted octanol–water partition coefficient (Wildman–Crippen LogP) is 2.77. The van der Waals surface area contributed by atoms with Gasteiger partial charge in [0.15, 0.2) is 11.6 Å². The number of aryl methyl sites for hydroxylation is 3. The Kier molecular flexibility index (Phi) is 6.68. The Bertz CT molecular complexity index is 1430. The van der Waals surface area contributed by atoms with Crippen LogP contribution in [-0.4, -0.2) is 44.0 Å². The molecule has 0 saturated carbocycles. The van der Waals surface area contributed by atoms with Crippen LogP contribution in [0.25, 0.3) is 16.5 Å². The third-order valence-electron chi connectivity index (χ3n) is 4.91. The van der Waals surface area contributed by atoms with Crippen LogP contribution in [0, 0.1) is 13.8 Å². The lowest BCUT2D eigenvalue weighted by Gasteiger charge is -2.19. The third-order valence-corrected chi connectivity index (χ3v) is 8.54. The van der Waals surface area contributed by atoms with Gasteiger partial charge in [0.2, 0.25) is 0 Å². The summed E-state index contributed by atoms with van der Waals surface area (Å²) in [5, 5.41) is 2.22. The van der Waals surface area contributed by atoms with Crippen molar-refractivity contribution in [2.24, 2.45) is 0 Å². The zero-order valence-corrected chi connectivity index (χ0v) is 21.0. The zero-order valence-electron chi connectivity index (χ0n) is 17.8. The normalized spacial score (nSPS) is 15.8. The molecule has 0 aliphatic carbocycles. The summed E-state index contributed by atoms with van der Waals surface area (Å²) >= 11 is 2.76. The first-order chi connectivity index (χ1) is 15.4. The summed E-state index contributed by atoms with van der Waals surface area (Å²) in [4.78, 5) is 2.57. The molecule has 14 heteroatoms. The van der Waals surface area contributed by atoms with Crippen molar-refractivity contribution in [3.05, 3.63) is 33.7 Å². The molecule has 1 aliphatic heterocycles. The molecule has 0 fully saturated rings.